The number of furan rings is 1. The van der Waals surface area contributed by atoms with E-state index in [1.807, 2.05) is 0 Å². The lowest BCUT2D eigenvalue weighted by atomic mass is 9.83. The molecule has 0 saturated carbocycles. The SMILES string of the molecule is Cc1c(C(=O)Oc2ccc3c(c2)OC(N)=C(C#N)C3c2ccc(Cl)c(Cl)c2)oc2ccc(Cl)cc12. The van der Waals surface area contributed by atoms with E-state index < -0.39 is 11.9 Å². The highest BCUT2D eigenvalue weighted by Gasteiger charge is 2.31. The van der Waals surface area contributed by atoms with E-state index in [2.05, 4.69) is 6.07 Å². The van der Waals surface area contributed by atoms with Crippen LogP contribution in [0, 0.1) is 18.3 Å². The molecule has 2 heterocycles. The number of benzene rings is 3. The van der Waals surface area contributed by atoms with Crippen molar-refractivity contribution in [3.05, 3.63) is 104 Å². The molecule has 0 amide bonds. The van der Waals surface area contributed by atoms with Gasteiger partial charge in [-0.2, -0.15) is 5.26 Å². The maximum absolute atomic E-state index is 12.9. The van der Waals surface area contributed by atoms with E-state index in [1.54, 1.807) is 55.5 Å². The molecule has 5 rings (SSSR count). The number of nitrogens with two attached hydrogens (primary N) is 1. The summed E-state index contributed by atoms with van der Waals surface area (Å²) in [6.07, 6.45) is 0. The third-order valence-corrected chi connectivity index (χ3v) is 6.74. The van der Waals surface area contributed by atoms with Gasteiger partial charge in [0.15, 0.2) is 0 Å². The van der Waals surface area contributed by atoms with Crippen LogP contribution in [0.1, 0.15) is 33.2 Å². The Labute approximate surface area is 215 Å². The smallest absolute Gasteiger partial charge is 0.379 e. The molecule has 0 saturated heterocycles. The number of carbonyl (C=O) groups excluding carboxylic acids is 1. The number of allylic oxidation sites excluding steroid dienone is 1. The van der Waals surface area contributed by atoms with E-state index in [4.69, 9.17) is 54.4 Å². The van der Waals surface area contributed by atoms with Gasteiger partial charge in [0.25, 0.3) is 0 Å². The number of nitrogens with zero attached hydrogens (tertiary/aromatic N) is 1. The van der Waals surface area contributed by atoms with E-state index in [1.165, 1.54) is 6.07 Å². The second kappa shape index (κ2) is 8.86. The number of esters is 1. The highest BCUT2D eigenvalue weighted by Crippen LogP contribution is 2.44. The fourth-order valence-corrected chi connectivity index (χ4v) is 4.55. The molecule has 9 heteroatoms. The zero-order chi connectivity index (χ0) is 24.9. The van der Waals surface area contributed by atoms with Crippen molar-refractivity contribution in [2.24, 2.45) is 5.73 Å². The average molecular weight is 526 g/mol. The van der Waals surface area contributed by atoms with E-state index >= 15 is 0 Å². The standard InChI is InChI=1S/C26H15Cl3N2O4/c1-12-17-9-14(27)3-7-21(17)34-24(12)26(32)33-15-4-5-16-22(10-15)35-25(31)18(11-30)23(16)13-2-6-19(28)20(29)8-13/h2-10,23H,31H2,1H3. The molecule has 35 heavy (non-hydrogen) atoms. The zero-order valence-corrected chi connectivity index (χ0v) is 20.3. The van der Waals surface area contributed by atoms with Crippen molar-refractivity contribution in [1.82, 2.24) is 0 Å². The summed E-state index contributed by atoms with van der Waals surface area (Å²) in [4.78, 5) is 12.9. The summed E-state index contributed by atoms with van der Waals surface area (Å²) in [5.41, 5.74) is 8.81. The Morgan fingerprint density at radius 2 is 1.86 bits per heavy atom. The lowest BCUT2D eigenvalue weighted by molar-refractivity contribution is 0.0702. The Bertz CT molecular complexity index is 1600. The van der Waals surface area contributed by atoms with Gasteiger partial charge < -0.3 is 19.6 Å². The van der Waals surface area contributed by atoms with Gasteiger partial charge in [-0.3, -0.25) is 0 Å². The third-order valence-electron chi connectivity index (χ3n) is 5.76. The molecule has 0 fully saturated rings. The summed E-state index contributed by atoms with van der Waals surface area (Å²) in [7, 11) is 0. The molecule has 3 aromatic carbocycles. The summed E-state index contributed by atoms with van der Waals surface area (Å²) in [6.45, 7) is 1.76. The first kappa shape index (κ1) is 23.1. The van der Waals surface area contributed by atoms with Gasteiger partial charge in [0, 0.05) is 27.6 Å². The molecule has 6 nitrogen and oxygen atoms in total. The predicted octanol–water partition coefficient (Wildman–Crippen LogP) is 7.14. The average Bonchev–Trinajstić information content (AvgIpc) is 3.15. The highest BCUT2D eigenvalue weighted by molar-refractivity contribution is 6.42. The van der Waals surface area contributed by atoms with Gasteiger partial charge in [0.2, 0.25) is 11.6 Å². The van der Waals surface area contributed by atoms with Gasteiger partial charge in [-0.25, -0.2) is 4.79 Å². The van der Waals surface area contributed by atoms with Crippen molar-refractivity contribution in [2.75, 3.05) is 0 Å². The van der Waals surface area contributed by atoms with Crippen LogP contribution in [0.25, 0.3) is 11.0 Å². The van der Waals surface area contributed by atoms with E-state index in [0.29, 0.717) is 43.1 Å². The summed E-state index contributed by atoms with van der Waals surface area (Å²) in [6, 6.07) is 17.2. The topological polar surface area (TPSA) is 98.5 Å². The van der Waals surface area contributed by atoms with Crippen LogP contribution in [0.5, 0.6) is 11.5 Å². The molecular formula is C26H15Cl3N2O4. The Morgan fingerprint density at radius 3 is 2.60 bits per heavy atom. The quantitative estimate of drug-likeness (QED) is 0.225. The van der Waals surface area contributed by atoms with Crippen LogP contribution in [0.4, 0.5) is 0 Å². The van der Waals surface area contributed by atoms with Crippen LogP contribution in [0.2, 0.25) is 15.1 Å². The van der Waals surface area contributed by atoms with Crippen LogP contribution in [-0.4, -0.2) is 5.97 Å². The minimum atomic E-state index is -0.673. The van der Waals surface area contributed by atoms with Crippen molar-refractivity contribution < 1.29 is 18.7 Å². The van der Waals surface area contributed by atoms with E-state index in [0.717, 1.165) is 5.39 Å². The van der Waals surface area contributed by atoms with Gasteiger partial charge in [-0.05, 0) is 48.9 Å². The molecule has 0 bridgehead atoms. The number of carbonyl (C=O) groups is 1. The maximum atomic E-state index is 12.9. The number of hydrogen-bond donors (Lipinski definition) is 1. The van der Waals surface area contributed by atoms with Gasteiger partial charge in [0.05, 0.1) is 16.0 Å². The number of aryl methyl sites for hydroxylation is 1. The number of fused-ring (bicyclic) bond motifs is 2. The van der Waals surface area contributed by atoms with Gasteiger partial charge in [0.1, 0.15) is 28.7 Å². The Balaban J connectivity index is 1.50. The minimum Gasteiger partial charge on any atom is -0.449 e. The van der Waals surface area contributed by atoms with Crippen molar-refractivity contribution >= 4 is 51.7 Å². The lowest BCUT2D eigenvalue weighted by Gasteiger charge is -2.27. The third kappa shape index (κ3) is 4.08. The summed E-state index contributed by atoms with van der Waals surface area (Å²) in [5, 5.41) is 11.7. The van der Waals surface area contributed by atoms with Gasteiger partial charge >= 0.3 is 5.97 Å². The monoisotopic (exact) mass is 524 g/mol. The molecule has 4 aromatic rings. The second-order valence-electron chi connectivity index (χ2n) is 7.88. The van der Waals surface area contributed by atoms with Crippen molar-refractivity contribution in [3.8, 4) is 17.6 Å². The fourth-order valence-electron chi connectivity index (χ4n) is 4.08. The Morgan fingerprint density at radius 1 is 1.06 bits per heavy atom. The van der Waals surface area contributed by atoms with Gasteiger partial charge in [-0.15, -0.1) is 0 Å². The molecule has 1 aliphatic rings. The van der Waals surface area contributed by atoms with Crippen LogP contribution in [-0.2, 0) is 0 Å². The molecule has 0 radical (unpaired) electrons. The number of hydrogen-bond acceptors (Lipinski definition) is 6. The molecule has 1 aromatic heterocycles. The normalized spacial score (nSPS) is 14.9. The molecule has 1 aliphatic heterocycles. The second-order valence-corrected chi connectivity index (χ2v) is 9.14. The summed E-state index contributed by atoms with van der Waals surface area (Å²) >= 11 is 18.3. The largest absolute Gasteiger partial charge is 0.449 e. The van der Waals surface area contributed by atoms with Crippen molar-refractivity contribution in [3.63, 3.8) is 0 Å². The molecule has 0 spiro atoms. The predicted molar refractivity (Wildman–Crippen MR) is 133 cm³/mol. The van der Waals surface area contributed by atoms with E-state index in [9.17, 15) is 10.1 Å². The lowest BCUT2D eigenvalue weighted by Crippen LogP contribution is -2.21. The van der Waals surface area contributed by atoms with Crippen molar-refractivity contribution in [1.29, 1.82) is 5.26 Å². The van der Waals surface area contributed by atoms with E-state index in [-0.39, 0.29) is 23.0 Å². The molecule has 174 valence electrons. The molecular weight excluding hydrogens is 511 g/mol. The van der Waals surface area contributed by atoms with Crippen LogP contribution >= 0.6 is 34.8 Å². The summed E-state index contributed by atoms with van der Waals surface area (Å²) < 4.78 is 17.0. The first-order valence-corrected chi connectivity index (χ1v) is 11.5. The first-order chi connectivity index (χ1) is 16.8. The number of halogens is 3. The zero-order valence-electron chi connectivity index (χ0n) is 18.1. The van der Waals surface area contributed by atoms with Crippen LogP contribution < -0.4 is 15.2 Å². The Hall–Kier alpha value is -3.63. The minimum absolute atomic E-state index is 0.0513. The molecule has 1 atom stereocenters. The summed E-state index contributed by atoms with van der Waals surface area (Å²) in [5.74, 6) is -0.632. The fraction of sp³-hybridized carbons (Fsp3) is 0.0769. The number of ether oxygens (including phenoxy) is 2. The number of nitriles is 1. The highest BCUT2D eigenvalue weighted by atomic mass is 35.5. The molecule has 1 unspecified atom stereocenters. The molecule has 0 aliphatic carbocycles. The van der Waals surface area contributed by atoms with Gasteiger partial charge in [-0.1, -0.05) is 46.9 Å². The number of rotatable bonds is 3. The maximum Gasteiger partial charge on any atom is 0.379 e. The van der Waals surface area contributed by atoms with Crippen LogP contribution in [0.3, 0.4) is 0 Å². The molecule has 2 N–H and O–H groups in total. The van der Waals surface area contributed by atoms with Crippen molar-refractivity contribution in [2.45, 2.75) is 12.8 Å². The first-order valence-electron chi connectivity index (χ1n) is 10.3. The van der Waals surface area contributed by atoms with Crippen LogP contribution in [0.15, 0.2) is 70.5 Å². The Kier molecular flexibility index (Phi) is 5.86.